The zero-order valence-electron chi connectivity index (χ0n) is 13.5. The fourth-order valence-electron chi connectivity index (χ4n) is 2.61. The van der Waals surface area contributed by atoms with Crippen molar-refractivity contribution in [2.75, 3.05) is 31.1 Å². The van der Waals surface area contributed by atoms with E-state index in [2.05, 4.69) is 14.9 Å². The molecule has 0 saturated carbocycles. The predicted molar refractivity (Wildman–Crippen MR) is 95.0 cm³/mol. The highest BCUT2D eigenvalue weighted by atomic mass is 32.2. The molecule has 0 radical (unpaired) electrons. The Bertz CT molecular complexity index is 813. The fourth-order valence-corrected chi connectivity index (χ4v) is 3.78. The summed E-state index contributed by atoms with van der Waals surface area (Å²) in [6.07, 6.45) is 3.36. The molecular weight excluding hydrogens is 324 g/mol. The maximum atomic E-state index is 12.5. The summed E-state index contributed by atoms with van der Waals surface area (Å²) in [6.45, 7) is 3.98. The summed E-state index contributed by atoms with van der Waals surface area (Å²) in [4.78, 5) is 10.6. The monoisotopic (exact) mass is 344 g/mol. The van der Waals surface area contributed by atoms with Crippen LogP contribution >= 0.6 is 0 Å². The minimum Gasteiger partial charge on any atom is -0.354 e. The summed E-state index contributed by atoms with van der Waals surface area (Å²) >= 11 is 0. The van der Waals surface area contributed by atoms with E-state index in [0.29, 0.717) is 32.0 Å². The Labute approximate surface area is 142 Å². The number of hydrogen-bond acceptors (Lipinski definition) is 5. The quantitative estimate of drug-likeness (QED) is 0.848. The molecule has 1 aliphatic heterocycles. The van der Waals surface area contributed by atoms with Crippen LogP contribution in [0.2, 0.25) is 0 Å². The normalized spacial score (nSPS) is 16.6. The fraction of sp³-hybridized carbons (Fsp3) is 0.294. The van der Waals surface area contributed by atoms with Gasteiger partial charge in [0.15, 0.2) is 0 Å². The molecule has 0 spiro atoms. The molecule has 1 saturated heterocycles. The van der Waals surface area contributed by atoms with Gasteiger partial charge in [-0.1, -0.05) is 30.3 Å². The molecule has 1 aromatic heterocycles. The van der Waals surface area contributed by atoms with E-state index in [-0.39, 0.29) is 0 Å². The lowest BCUT2D eigenvalue weighted by molar-refractivity contribution is 0.388. The van der Waals surface area contributed by atoms with Crippen molar-refractivity contribution in [3.05, 3.63) is 59.4 Å². The van der Waals surface area contributed by atoms with Crippen LogP contribution in [0.25, 0.3) is 6.08 Å². The van der Waals surface area contributed by atoms with Crippen molar-refractivity contribution in [2.45, 2.75) is 6.92 Å². The number of sulfonamides is 1. The van der Waals surface area contributed by atoms with Crippen LogP contribution in [0.4, 0.5) is 5.82 Å². The Morgan fingerprint density at radius 3 is 2.42 bits per heavy atom. The van der Waals surface area contributed by atoms with Crippen LogP contribution in [0.3, 0.4) is 0 Å². The summed E-state index contributed by atoms with van der Waals surface area (Å²) in [7, 11) is -3.40. The summed E-state index contributed by atoms with van der Waals surface area (Å²) in [5.41, 5.74) is 0.871. The molecule has 126 valence electrons. The molecule has 6 nitrogen and oxygen atoms in total. The van der Waals surface area contributed by atoms with Crippen LogP contribution in [0.5, 0.6) is 0 Å². The van der Waals surface area contributed by atoms with Gasteiger partial charge >= 0.3 is 0 Å². The Morgan fingerprint density at radius 2 is 1.75 bits per heavy atom. The minimum atomic E-state index is -3.40. The summed E-state index contributed by atoms with van der Waals surface area (Å²) in [5, 5.41) is 1.28. The maximum Gasteiger partial charge on any atom is 0.236 e. The van der Waals surface area contributed by atoms with Crippen molar-refractivity contribution in [1.29, 1.82) is 0 Å². The van der Waals surface area contributed by atoms with Crippen LogP contribution < -0.4 is 4.90 Å². The van der Waals surface area contributed by atoms with Gasteiger partial charge in [-0.2, -0.15) is 4.31 Å². The van der Waals surface area contributed by atoms with Gasteiger partial charge < -0.3 is 4.90 Å². The zero-order valence-corrected chi connectivity index (χ0v) is 14.4. The average Bonchev–Trinajstić information content (AvgIpc) is 2.61. The summed E-state index contributed by atoms with van der Waals surface area (Å²) in [5.74, 6) is 1.56. The first-order valence-corrected chi connectivity index (χ1v) is 9.33. The smallest absolute Gasteiger partial charge is 0.236 e. The lowest BCUT2D eigenvalue weighted by Gasteiger charge is -2.34. The van der Waals surface area contributed by atoms with Crippen LogP contribution in [-0.2, 0) is 10.0 Å². The summed E-state index contributed by atoms with van der Waals surface area (Å²) < 4.78 is 26.4. The van der Waals surface area contributed by atoms with Gasteiger partial charge in [0.25, 0.3) is 0 Å². The van der Waals surface area contributed by atoms with Crippen LogP contribution in [0.15, 0.2) is 48.0 Å². The zero-order chi connectivity index (χ0) is 17.0. The second kappa shape index (κ2) is 7.11. The van der Waals surface area contributed by atoms with Crippen molar-refractivity contribution in [3.8, 4) is 0 Å². The van der Waals surface area contributed by atoms with Crippen LogP contribution in [0, 0.1) is 6.92 Å². The van der Waals surface area contributed by atoms with E-state index in [9.17, 15) is 8.42 Å². The molecule has 1 aromatic carbocycles. The Morgan fingerprint density at radius 1 is 1.04 bits per heavy atom. The van der Waals surface area contributed by atoms with E-state index >= 15 is 0 Å². The lowest BCUT2D eigenvalue weighted by atomic mass is 10.2. The standard InChI is InChI=1S/C17H20N4O2S/c1-15-18-9-7-17(19-15)20-10-12-21(13-11-20)24(22,23)14-8-16-5-3-2-4-6-16/h2-9,14H,10-13H2,1H3/b14-8+. The van der Waals surface area contributed by atoms with Crippen LogP contribution in [0.1, 0.15) is 11.4 Å². The lowest BCUT2D eigenvalue weighted by Crippen LogP contribution is -2.48. The molecule has 0 atom stereocenters. The number of benzene rings is 1. The van der Waals surface area contributed by atoms with Crippen molar-refractivity contribution in [1.82, 2.24) is 14.3 Å². The van der Waals surface area contributed by atoms with E-state index in [1.807, 2.05) is 43.3 Å². The van der Waals surface area contributed by atoms with Crippen molar-refractivity contribution in [2.24, 2.45) is 0 Å². The molecule has 0 aliphatic carbocycles. The first-order valence-electron chi connectivity index (χ1n) is 7.82. The molecule has 0 unspecified atom stereocenters. The molecule has 2 aromatic rings. The molecular formula is C17H20N4O2S. The SMILES string of the molecule is Cc1nccc(N2CCN(S(=O)(=O)/C=C/c3ccccc3)CC2)n1. The van der Waals surface area contributed by atoms with Crippen molar-refractivity contribution < 1.29 is 8.42 Å². The number of aromatic nitrogens is 2. The van der Waals surface area contributed by atoms with Gasteiger partial charge in [-0.05, 0) is 24.6 Å². The van der Waals surface area contributed by atoms with E-state index in [1.54, 1.807) is 12.3 Å². The molecule has 7 heteroatoms. The Hall–Kier alpha value is -2.25. The molecule has 1 aliphatic rings. The molecule has 24 heavy (non-hydrogen) atoms. The molecule has 2 heterocycles. The van der Waals surface area contributed by atoms with Gasteiger partial charge in [0.1, 0.15) is 11.6 Å². The number of rotatable bonds is 4. The van der Waals surface area contributed by atoms with E-state index in [4.69, 9.17) is 0 Å². The topological polar surface area (TPSA) is 66.4 Å². The maximum absolute atomic E-state index is 12.5. The van der Waals surface area contributed by atoms with E-state index in [1.165, 1.54) is 9.71 Å². The first-order chi connectivity index (χ1) is 11.5. The molecule has 0 bridgehead atoms. The molecule has 0 N–H and O–H groups in total. The van der Waals surface area contributed by atoms with E-state index < -0.39 is 10.0 Å². The number of hydrogen-bond donors (Lipinski definition) is 0. The third kappa shape index (κ3) is 3.98. The number of anilines is 1. The van der Waals surface area contributed by atoms with Gasteiger partial charge in [-0.25, -0.2) is 18.4 Å². The predicted octanol–water partition coefficient (Wildman–Crippen LogP) is 1.91. The number of aryl methyl sites for hydroxylation is 1. The van der Waals surface area contributed by atoms with Gasteiger partial charge in [-0.3, -0.25) is 0 Å². The largest absolute Gasteiger partial charge is 0.354 e. The van der Waals surface area contributed by atoms with Gasteiger partial charge in [0, 0.05) is 37.8 Å². The molecule has 3 rings (SSSR count). The highest BCUT2D eigenvalue weighted by molar-refractivity contribution is 7.92. The van der Waals surface area contributed by atoms with Gasteiger partial charge in [0.2, 0.25) is 10.0 Å². The highest BCUT2D eigenvalue weighted by Crippen LogP contribution is 2.16. The van der Waals surface area contributed by atoms with Crippen molar-refractivity contribution >= 4 is 21.9 Å². The second-order valence-corrected chi connectivity index (χ2v) is 7.43. The van der Waals surface area contributed by atoms with Gasteiger partial charge in [0.05, 0.1) is 0 Å². The molecule has 1 fully saturated rings. The first kappa shape index (κ1) is 16.6. The molecule has 0 amide bonds. The van der Waals surface area contributed by atoms with Crippen molar-refractivity contribution in [3.63, 3.8) is 0 Å². The minimum absolute atomic E-state index is 0.449. The summed E-state index contributed by atoms with van der Waals surface area (Å²) in [6, 6.07) is 11.3. The Kier molecular flexibility index (Phi) is 4.92. The highest BCUT2D eigenvalue weighted by Gasteiger charge is 2.25. The third-order valence-corrected chi connectivity index (χ3v) is 5.48. The third-order valence-electron chi connectivity index (χ3n) is 3.92. The average molecular weight is 344 g/mol. The Balaban J connectivity index is 1.64. The van der Waals surface area contributed by atoms with Crippen LogP contribution in [-0.4, -0.2) is 48.9 Å². The second-order valence-electron chi connectivity index (χ2n) is 5.61. The van der Waals surface area contributed by atoms with E-state index in [0.717, 1.165) is 11.4 Å². The number of piperazine rings is 1. The van der Waals surface area contributed by atoms with Gasteiger partial charge in [-0.15, -0.1) is 0 Å². The number of nitrogens with zero attached hydrogens (tertiary/aromatic N) is 4.